The van der Waals surface area contributed by atoms with Gasteiger partial charge in [-0.15, -0.1) is 0 Å². The summed E-state index contributed by atoms with van der Waals surface area (Å²) in [6, 6.07) is 9.85. The zero-order chi connectivity index (χ0) is 15.1. The van der Waals surface area contributed by atoms with Gasteiger partial charge < -0.3 is 0 Å². The first-order chi connectivity index (χ1) is 10.2. The van der Waals surface area contributed by atoms with Crippen LogP contribution >= 0.6 is 0 Å². The van der Waals surface area contributed by atoms with Crippen LogP contribution in [0.5, 0.6) is 0 Å². The van der Waals surface area contributed by atoms with Crippen LogP contribution in [0.4, 0.5) is 0 Å². The van der Waals surface area contributed by atoms with Crippen molar-refractivity contribution in [2.24, 2.45) is 0 Å². The zero-order valence-corrected chi connectivity index (χ0v) is 14.1. The molecule has 0 aliphatic heterocycles. The Labute approximate surface area is 132 Å². The van der Waals surface area contributed by atoms with Crippen molar-refractivity contribution in [1.29, 1.82) is 0 Å². The molecule has 0 fully saturated rings. The van der Waals surface area contributed by atoms with Crippen molar-refractivity contribution >= 4 is 30.0 Å². The molecule has 1 aromatic rings. The molecule has 0 spiro atoms. The normalized spacial score (nSPS) is 14.4. The number of hydrogen-bond acceptors (Lipinski definition) is 2. The van der Waals surface area contributed by atoms with Gasteiger partial charge in [0, 0.05) is 0 Å². The fourth-order valence-electron chi connectivity index (χ4n) is 2.44. The van der Waals surface area contributed by atoms with Crippen LogP contribution in [0, 0.1) is 0 Å². The van der Waals surface area contributed by atoms with E-state index in [1.165, 1.54) is 6.42 Å². The summed E-state index contributed by atoms with van der Waals surface area (Å²) in [5.41, 5.74) is 1.11. The van der Waals surface area contributed by atoms with E-state index in [1.54, 1.807) is 11.8 Å². The molecule has 0 radical (unpaired) electrons. The first kappa shape index (κ1) is 16.0. The molecule has 0 unspecified atom stereocenters. The summed E-state index contributed by atoms with van der Waals surface area (Å²) in [6.45, 7) is 2.11. The second-order valence-corrected chi connectivity index (χ2v) is 7.52. The molecule has 1 aromatic carbocycles. The third kappa shape index (κ3) is 5.14. The Balaban J connectivity index is 1.88. The standard InChI is InChI=1S/C17H21NO2Se/c1-14(19)18(15-8-4-2-5-9-15)13-12-17(20)21-16-10-6-3-7-11-16/h3,6-8,10-11H,2,4-5,9,12-13H2,1H3. The molecular formula is C17H21NO2Se. The van der Waals surface area contributed by atoms with Crippen LogP contribution in [-0.4, -0.2) is 37.0 Å². The number of carbonyl (C=O) groups excluding carboxylic acids is 2. The second kappa shape index (κ2) is 8.16. The van der Waals surface area contributed by atoms with Crippen molar-refractivity contribution in [3.05, 3.63) is 42.1 Å². The topological polar surface area (TPSA) is 37.4 Å². The van der Waals surface area contributed by atoms with Gasteiger partial charge in [0.15, 0.2) is 0 Å². The van der Waals surface area contributed by atoms with Crippen molar-refractivity contribution < 1.29 is 9.59 Å². The van der Waals surface area contributed by atoms with E-state index in [0.29, 0.717) is 13.0 Å². The van der Waals surface area contributed by atoms with Gasteiger partial charge in [0.2, 0.25) is 0 Å². The fraction of sp³-hybridized carbons (Fsp3) is 0.412. The Morgan fingerprint density at radius 3 is 2.57 bits per heavy atom. The molecule has 112 valence electrons. The van der Waals surface area contributed by atoms with E-state index in [-0.39, 0.29) is 25.5 Å². The van der Waals surface area contributed by atoms with Gasteiger partial charge in [0.25, 0.3) is 0 Å². The molecule has 0 heterocycles. The minimum atomic E-state index is -0.148. The minimum absolute atomic E-state index is 0.0446. The van der Waals surface area contributed by atoms with E-state index in [2.05, 4.69) is 6.08 Å². The third-order valence-corrected chi connectivity index (χ3v) is 5.48. The van der Waals surface area contributed by atoms with E-state index in [0.717, 1.165) is 29.4 Å². The SMILES string of the molecule is CC(=O)N(CCC(=O)[Se]c1ccccc1)C1=CCCCC1. The summed E-state index contributed by atoms with van der Waals surface area (Å²) >= 11 is -0.148. The number of allylic oxidation sites excluding steroid dienone is 2. The van der Waals surface area contributed by atoms with Crippen LogP contribution < -0.4 is 4.46 Å². The molecule has 2 rings (SSSR count). The summed E-state index contributed by atoms with van der Waals surface area (Å²) in [4.78, 5) is 25.7. The first-order valence-corrected chi connectivity index (χ1v) is 9.11. The molecule has 0 atom stereocenters. The Bertz CT molecular complexity index is 525. The number of benzene rings is 1. The van der Waals surface area contributed by atoms with Gasteiger partial charge in [0.1, 0.15) is 0 Å². The van der Waals surface area contributed by atoms with E-state index in [1.807, 2.05) is 30.3 Å². The van der Waals surface area contributed by atoms with Crippen LogP contribution in [0.2, 0.25) is 0 Å². The van der Waals surface area contributed by atoms with Crippen molar-refractivity contribution in [3.8, 4) is 0 Å². The Morgan fingerprint density at radius 1 is 1.19 bits per heavy atom. The average Bonchev–Trinajstić information content (AvgIpc) is 2.49. The molecule has 3 nitrogen and oxygen atoms in total. The monoisotopic (exact) mass is 351 g/mol. The molecule has 1 amide bonds. The number of hydrogen-bond donors (Lipinski definition) is 0. The van der Waals surface area contributed by atoms with Gasteiger partial charge in [-0.3, -0.25) is 0 Å². The van der Waals surface area contributed by atoms with Gasteiger partial charge >= 0.3 is 132 Å². The van der Waals surface area contributed by atoms with E-state index in [4.69, 9.17) is 0 Å². The van der Waals surface area contributed by atoms with Crippen molar-refractivity contribution in [2.75, 3.05) is 6.54 Å². The predicted octanol–water partition coefficient (Wildman–Crippen LogP) is 2.24. The van der Waals surface area contributed by atoms with E-state index >= 15 is 0 Å². The molecule has 0 bridgehead atoms. The second-order valence-electron chi connectivity index (χ2n) is 5.15. The quantitative estimate of drug-likeness (QED) is 0.738. The van der Waals surface area contributed by atoms with Crippen molar-refractivity contribution in [1.82, 2.24) is 4.90 Å². The van der Waals surface area contributed by atoms with Crippen molar-refractivity contribution in [3.63, 3.8) is 0 Å². The Hall–Kier alpha value is -1.38. The summed E-state index contributed by atoms with van der Waals surface area (Å²) in [6.07, 6.45) is 6.94. The van der Waals surface area contributed by atoms with E-state index in [9.17, 15) is 9.59 Å². The molecule has 0 N–H and O–H groups in total. The van der Waals surface area contributed by atoms with E-state index < -0.39 is 0 Å². The molecule has 0 aromatic heterocycles. The van der Waals surface area contributed by atoms with Gasteiger partial charge in [0.05, 0.1) is 0 Å². The predicted molar refractivity (Wildman–Crippen MR) is 85.4 cm³/mol. The molecule has 21 heavy (non-hydrogen) atoms. The summed E-state index contributed by atoms with van der Waals surface area (Å²) in [7, 11) is 0. The molecular weight excluding hydrogens is 329 g/mol. The maximum absolute atomic E-state index is 12.1. The van der Waals surface area contributed by atoms with Gasteiger partial charge in [-0.05, 0) is 0 Å². The molecule has 1 aliphatic carbocycles. The summed E-state index contributed by atoms with van der Waals surface area (Å²) in [5.74, 6) is 0.0446. The number of nitrogens with zero attached hydrogens (tertiary/aromatic N) is 1. The average molecular weight is 350 g/mol. The number of rotatable bonds is 6. The zero-order valence-electron chi connectivity index (χ0n) is 12.4. The molecule has 0 saturated heterocycles. The molecule has 4 heteroatoms. The van der Waals surface area contributed by atoms with Crippen LogP contribution in [0.15, 0.2) is 42.1 Å². The van der Waals surface area contributed by atoms with Crippen LogP contribution in [0.1, 0.15) is 39.0 Å². The summed E-state index contributed by atoms with van der Waals surface area (Å²) in [5, 5.41) is 0. The van der Waals surface area contributed by atoms with Gasteiger partial charge in [-0.1, -0.05) is 0 Å². The number of amides is 1. The van der Waals surface area contributed by atoms with Gasteiger partial charge in [-0.2, -0.15) is 0 Å². The van der Waals surface area contributed by atoms with Crippen LogP contribution in [-0.2, 0) is 9.59 Å². The third-order valence-electron chi connectivity index (χ3n) is 3.51. The first-order valence-electron chi connectivity index (χ1n) is 7.39. The maximum atomic E-state index is 12.1. The number of carbonyl (C=O) groups is 2. The Kier molecular flexibility index (Phi) is 6.21. The molecule has 0 saturated carbocycles. The van der Waals surface area contributed by atoms with Crippen LogP contribution in [0.25, 0.3) is 0 Å². The fourth-order valence-corrected chi connectivity index (χ4v) is 4.02. The van der Waals surface area contributed by atoms with Crippen LogP contribution in [0.3, 0.4) is 0 Å². The Morgan fingerprint density at radius 2 is 1.95 bits per heavy atom. The van der Waals surface area contributed by atoms with Crippen molar-refractivity contribution in [2.45, 2.75) is 39.0 Å². The summed E-state index contributed by atoms with van der Waals surface area (Å²) < 4.78 is 1.35. The molecule has 1 aliphatic rings. The van der Waals surface area contributed by atoms with Gasteiger partial charge in [-0.25, -0.2) is 0 Å².